The largest absolute Gasteiger partial charge is 0.476 e. The van der Waals surface area contributed by atoms with Crippen molar-refractivity contribution in [2.24, 2.45) is 0 Å². The Kier molecular flexibility index (Phi) is 1.89. The van der Waals surface area contributed by atoms with Crippen LogP contribution in [0.3, 0.4) is 0 Å². The molecular formula is C9H6N2O4. The number of carboxylic acid groups (broad SMARTS) is 2. The van der Waals surface area contributed by atoms with Crippen LogP contribution in [0.2, 0.25) is 0 Å². The van der Waals surface area contributed by atoms with Crippen LogP contribution < -0.4 is 0 Å². The van der Waals surface area contributed by atoms with Crippen LogP contribution in [0, 0.1) is 0 Å². The van der Waals surface area contributed by atoms with Gasteiger partial charge >= 0.3 is 11.9 Å². The third-order valence-corrected chi connectivity index (χ3v) is 1.94. The van der Waals surface area contributed by atoms with Gasteiger partial charge in [0.2, 0.25) is 0 Å². The van der Waals surface area contributed by atoms with Crippen molar-refractivity contribution in [3.8, 4) is 0 Å². The molecule has 0 aliphatic rings. The first-order chi connectivity index (χ1) is 7.11. The first-order valence-electron chi connectivity index (χ1n) is 4.05. The highest BCUT2D eigenvalue weighted by atomic mass is 16.4. The Morgan fingerprint density at radius 2 is 1.93 bits per heavy atom. The zero-order valence-electron chi connectivity index (χ0n) is 7.41. The Morgan fingerprint density at radius 1 is 1.20 bits per heavy atom. The highest BCUT2D eigenvalue weighted by Crippen LogP contribution is 2.12. The van der Waals surface area contributed by atoms with Crippen molar-refractivity contribution < 1.29 is 19.8 Å². The number of hydrogen-bond donors (Lipinski definition) is 2. The van der Waals surface area contributed by atoms with Crippen molar-refractivity contribution in [1.82, 2.24) is 9.38 Å². The smallest absolute Gasteiger partial charge is 0.357 e. The van der Waals surface area contributed by atoms with Crippen molar-refractivity contribution >= 4 is 17.6 Å². The molecule has 2 heterocycles. The number of rotatable bonds is 2. The lowest BCUT2D eigenvalue weighted by atomic mass is 10.3. The molecule has 0 unspecified atom stereocenters. The van der Waals surface area contributed by atoms with E-state index in [4.69, 9.17) is 10.2 Å². The van der Waals surface area contributed by atoms with Crippen molar-refractivity contribution in [2.75, 3.05) is 0 Å². The Hall–Kier alpha value is -2.37. The number of imidazole rings is 1. The van der Waals surface area contributed by atoms with E-state index in [9.17, 15) is 9.59 Å². The molecule has 0 bridgehead atoms. The molecule has 6 nitrogen and oxygen atoms in total. The van der Waals surface area contributed by atoms with E-state index in [0.717, 1.165) is 0 Å². The summed E-state index contributed by atoms with van der Waals surface area (Å²) in [7, 11) is 0. The van der Waals surface area contributed by atoms with Crippen molar-refractivity contribution in [1.29, 1.82) is 0 Å². The zero-order valence-corrected chi connectivity index (χ0v) is 7.41. The van der Waals surface area contributed by atoms with E-state index in [1.807, 2.05) is 0 Å². The molecule has 0 fully saturated rings. The predicted molar refractivity (Wildman–Crippen MR) is 49.1 cm³/mol. The Balaban J connectivity index is 2.86. The monoisotopic (exact) mass is 206 g/mol. The maximum atomic E-state index is 10.9. The van der Waals surface area contributed by atoms with Gasteiger partial charge in [-0.05, 0) is 12.1 Å². The van der Waals surface area contributed by atoms with Crippen LogP contribution in [0.5, 0.6) is 0 Å². The van der Waals surface area contributed by atoms with E-state index < -0.39 is 17.6 Å². The second kappa shape index (κ2) is 3.09. The quantitative estimate of drug-likeness (QED) is 0.755. The molecule has 2 N–H and O–H groups in total. The van der Waals surface area contributed by atoms with Gasteiger partial charge in [-0.1, -0.05) is 6.07 Å². The summed E-state index contributed by atoms with van der Waals surface area (Å²) in [6.45, 7) is 0. The first-order valence-corrected chi connectivity index (χ1v) is 4.05. The molecule has 2 aromatic heterocycles. The number of carboxylic acids is 2. The molecular weight excluding hydrogens is 200 g/mol. The lowest BCUT2D eigenvalue weighted by Crippen LogP contribution is -2.09. The van der Waals surface area contributed by atoms with Crippen molar-refractivity contribution in [2.45, 2.75) is 0 Å². The molecule has 0 amide bonds. The minimum atomic E-state index is -1.35. The molecule has 0 saturated carbocycles. The number of carbonyl (C=O) groups is 2. The van der Waals surface area contributed by atoms with Gasteiger partial charge in [0.05, 0.1) is 0 Å². The van der Waals surface area contributed by atoms with Crippen LogP contribution in [0.4, 0.5) is 0 Å². The third kappa shape index (κ3) is 1.32. The second-order valence-corrected chi connectivity index (χ2v) is 2.85. The molecule has 76 valence electrons. The molecule has 2 aromatic rings. The van der Waals surface area contributed by atoms with Gasteiger partial charge in [-0.2, -0.15) is 0 Å². The van der Waals surface area contributed by atoms with Crippen LogP contribution in [0.25, 0.3) is 5.65 Å². The Morgan fingerprint density at radius 3 is 2.53 bits per heavy atom. The van der Waals surface area contributed by atoms with Crippen LogP contribution in [-0.4, -0.2) is 31.5 Å². The minimum Gasteiger partial charge on any atom is -0.476 e. The first kappa shape index (κ1) is 9.20. The Labute approximate surface area is 83.4 Å². The van der Waals surface area contributed by atoms with E-state index in [2.05, 4.69) is 4.98 Å². The standard InChI is InChI=1S/C9H6N2O4/c12-8(13)6-7(9(14)15)11-4-2-1-3-5(11)10-6/h1-4H,(H,12,13)(H,14,15). The molecule has 0 saturated heterocycles. The molecule has 6 heteroatoms. The summed E-state index contributed by atoms with van der Waals surface area (Å²) in [6, 6.07) is 4.80. The summed E-state index contributed by atoms with van der Waals surface area (Å²) < 4.78 is 1.23. The number of nitrogens with zero attached hydrogens (tertiary/aromatic N) is 2. The van der Waals surface area contributed by atoms with Crippen LogP contribution in [0.15, 0.2) is 24.4 Å². The Bertz CT molecular complexity index is 558. The van der Waals surface area contributed by atoms with Crippen LogP contribution in [0.1, 0.15) is 21.0 Å². The van der Waals surface area contributed by atoms with Gasteiger partial charge in [0, 0.05) is 6.20 Å². The van der Waals surface area contributed by atoms with Gasteiger partial charge in [0.15, 0.2) is 11.4 Å². The normalized spacial score (nSPS) is 10.4. The predicted octanol–water partition coefficient (Wildman–Crippen LogP) is 0.731. The van der Waals surface area contributed by atoms with E-state index >= 15 is 0 Å². The summed E-state index contributed by atoms with van der Waals surface area (Å²) in [5.74, 6) is -2.66. The van der Waals surface area contributed by atoms with Gasteiger partial charge in [-0.15, -0.1) is 0 Å². The highest BCUT2D eigenvalue weighted by molar-refractivity contribution is 6.00. The lowest BCUT2D eigenvalue weighted by molar-refractivity contribution is 0.0643. The van der Waals surface area contributed by atoms with Gasteiger partial charge in [0.25, 0.3) is 0 Å². The SMILES string of the molecule is O=C(O)c1nc2ccccn2c1C(=O)O. The van der Waals surface area contributed by atoms with Gasteiger partial charge < -0.3 is 10.2 Å². The topological polar surface area (TPSA) is 91.9 Å². The van der Waals surface area contributed by atoms with Crippen molar-refractivity contribution in [3.05, 3.63) is 35.8 Å². The fraction of sp³-hybridized carbons (Fsp3) is 0. The molecule has 0 aliphatic heterocycles. The fourth-order valence-electron chi connectivity index (χ4n) is 1.35. The molecule has 0 spiro atoms. The summed E-state index contributed by atoms with van der Waals surface area (Å²) >= 11 is 0. The van der Waals surface area contributed by atoms with E-state index in [-0.39, 0.29) is 5.69 Å². The maximum absolute atomic E-state index is 10.9. The van der Waals surface area contributed by atoms with Crippen molar-refractivity contribution in [3.63, 3.8) is 0 Å². The molecule has 0 aliphatic carbocycles. The fourth-order valence-corrected chi connectivity index (χ4v) is 1.35. The summed E-state index contributed by atoms with van der Waals surface area (Å²) in [5.41, 5.74) is -0.487. The number of hydrogen-bond acceptors (Lipinski definition) is 3. The molecule has 15 heavy (non-hydrogen) atoms. The summed E-state index contributed by atoms with van der Waals surface area (Å²) in [6.07, 6.45) is 1.46. The average Bonchev–Trinajstić information content (AvgIpc) is 2.56. The zero-order chi connectivity index (χ0) is 11.0. The number of pyridine rings is 1. The van der Waals surface area contributed by atoms with E-state index in [0.29, 0.717) is 5.65 Å². The molecule has 0 radical (unpaired) electrons. The van der Waals surface area contributed by atoms with Gasteiger partial charge in [-0.25, -0.2) is 14.6 Å². The number of aromatic carboxylic acids is 2. The van der Waals surface area contributed by atoms with Gasteiger partial charge in [-0.3, -0.25) is 4.40 Å². The van der Waals surface area contributed by atoms with E-state index in [1.165, 1.54) is 10.6 Å². The number of fused-ring (bicyclic) bond motifs is 1. The highest BCUT2D eigenvalue weighted by Gasteiger charge is 2.22. The summed E-state index contributed by atoms with van der Waals surface area (Å²) in [5, 5.41) is 17.7. The maximum Gasteiger partial charge on any atom is 0.357 e. The molecule has 2 rings (SSSR count). The molecule has 0 atom stereocenters. The van der Waals surface area contributed by atoms with Gasteiger partial charge in [0.1, 0.15) is 5.65 Å². The molecule has 0 aromatic carbocycles. The minimum absolute atomic E-state index is 0.298. The third-order valence-electron chi connectivity index (χ3n) is 1.94. The summed E-state index contributed by atoms with van der Waals surface area (Å²) in [4.78, 5) is 25.3. The lowest BCUT2D eigenvalue weighted by Gasteiger charge is -1.95. The second-order valence-electron chi connectivity index (χ2n) is 2.85. The van der Waals surface area contributed by atoms with Crippen LogP contribution >= 0.6 is 0 Å². The van der Waals surface area contributed by atoms with Crippen LogP contribution in [-0.2, 0) is 0 Å². The number of aromatic nitrogens is 2. The van der Waals surface area contributed by atoms with E-state index in [1.54, 1.807) is 18.2 Å². The average molecular weight is 206 g/mol.